The quantitative estimate of drug-likeness (QED) is 0.708. The highest BCUT2D eigenvalue weighted by Gasteiger charge is 2.35. The topological polar surface area (TPSA) is 77.7 Å². The van der Waals surface area contributed by atoms with E-state index in [1.165, 1.54) is 17.0 Å². The van der Waals surface area contributed by atoms with Crippen LogP contribution in [0.2, 0.25) is 0 Å². The van der Waals surface area contributed by atoms with Gasteiger partial charge in [-0.3, -0.25) is 4.79 Å². The molecule has 0 aliphatic carbocycles. The number of halogens is 1. The van der Waals surface area contributed by atoms with Crippen molar-refractivity contribution in [3.8, 4) is 22.9 Å². The molecule has 0 bridgehead atoms. The van der Waals surface area contributed by atoms with Crippen LogP contribution in [0.1, 0.15) is 18.2 Å². The molecule has 1 aromatic heterocycles. The van der Waals surface area contributed by atoms with E-state index in [0.717, 1.165) is 5.56 Å². The molecule has 0 spiro atoms. The molecule has 0 saturated carbocycles. The summed E-state index contributed by atoms with van der Waals surface area (Å²) in [6.07, 6.45) is 0.235. The Labute approximate surface area is 153 Å². The minimum Gasteiger partial charge on any atom is -0.454 e. The first-order valence-electron chi connectivity index (χ1n) is 8.47. The normalized spacial score (nSPS) is 18.3. The van der Waals surface area contributed by atoms with Gasteiger partial charge in [-0.1, -0.05) is 11.2 Å². The molecule has 1 atom stereocenters. The van der Waals surface area contributed by atoms with Crippen molar-refractivity contribution >= 4 is 11.6 Å². The maximum Gasteiger partial charge on any atom is 0.232 e. The Kier molecular flexibility index (Phi) is 3.56. The van der Waals surface area contributed by atoms with Crippen molar-refractivity contribution in [3.63, 3.8) is 0 Å². The van der Waals surface area contributed by atoms with Gasteiger partial charge in [-0.2, -0.15) is 4.98 Å². The molecule has 1 amide bonds. The number of hydrogen-bond donors (Lipinski definition) is 0. The third-order valence-corrected chi connectivity index (χ3v) is 4.67. The van der Waals surface area contributed by atoms with Gasteiger partial charge < -0.3 is 18.9 Å². The Hall–Kier alpha value is -3.42. The molecule has 1 unspecified atom stereocenters. The summed E-state index contributed by atoms with van der Waals surface area (Å²) in [5.74, 6) is 1.38. The van der Waals surface area contributed by atoms with E-state index in [1.54, 1.807) is 24.3 Å². The van der Waals surface area contributed by atoms with Gasteiger partial charge in [-0.25, -0.2) is 4.39 Å². The van der Waals surface area contributed by atoms with Gasteiger partial charge in [0.15, 0.2) is 11.5 Å². The Morgan fingerprint density at radius 1 is 1.11 bits per heavy atom. The van der Waals surface area contributed by atoms with E-state index in [0.29, 0.717) is 35.4 Å². The molecule has 8 heteroatoms. The smallest absolute Gasteiger partial charge is 0.232 e. The summed E-state index contributed by atoms with van der Waals surface area (Å²) in [6.45, 7) is 0.557. The van der Waals surface area contributed by atoms with Gasteiger partial charge in [0.2, 0.25) is 24.4 Å². The fourth-order valence-electron chi connectivity index (χ4n) is 3.32. The first-order chi connectivity index (χ1) is 13.2. The second-order valence-electron chi connectivity index (χ2n) is 6.41. The SMILES string of the molecule is O=C1CC(c2nc(-c3ccc4c(c3)OCO4)no2)CN1c1cccc(F)c1. The van der Waals surface area contributed by atoms with Crippen LogP contribution in [0, 0.1) is 5.82 Å². The third-order valence-electron chi connectivity index (χ3n) is 4.67. The van der Waals surface area contributed by atoms with Crippen LogP contribution in [0.25, 0.3) is 11.4 Å². The predicted octanol–water partition coefficient (Wildman–Crippen LogP) is 3.12. The fourth-order valence-corrected chi connectivity index (χ4v) is 3.32. The molecule has 1 fully saturated rings. The van der Waals surface area contributed by atoms with Gasteiger partial charge in [-0.05, 0) is 36.4 Å². The summed E-state index contributed by atoms with van der Waals surface area (Å²) < 4.78 is 29.5. The first kappa shape index (κ1) is 15.8. The highest BCUT2D eigenvalue weighted by Crippen LogP contribution is 2.36. The van der Waals surface area contributed by atoms with Crippen LogP contribution in [0.3, 0.4) is 0 Å². The molecule has 2 aromatic carbocycles. The summed E-state index contributed by atoms with van der Waals surface area (Å²) in [4.78, 5) is 18.3. The number of nitrogens with zero attached hydrogens (tertiary/aromatic N) is 3. The maximum absolute atomic E-state index is 13.5. The van der Waals surface area contributed by atoms with Crippen molar-refractivity contribution in [1.82, 2.24) is 10.1 Å². The second-order valence-corrected chi connectivity index (χ2v) is 6.41. The third kappa shape index (κ3) is 2.79. The Bertz CT molecular complexity index is 1040. The molecule has 0 N–H and O–H groups in total. The Morgan fingerprint density at radius 3 is 2.89 bits per heavy atom. The number of carbonyl (C=O) groups excluding carboxylic acids is 1. The van der Waals surface area contributed by atoms with Crippen molar-refractivity contribution < 1.29 is 23.2 Å². The number of fused-ring (bicyclic) bond motifs is 1. The van der Waals surface area contributed by atoms with Crippen LogP contribution in [0.5, 0.6) is 11.5 Å². The van der Waals surface area contributed by atoms with E-state index in [9.17, 15) is 9.18 Å². The van der Waals surface area contributed by atoms with Gasteiger partial charge in [0.1, 0.15) is 5.82 Å². The maximum atomic E-state index is 13.5. The molecular formula is C19H14FN3O4. The van der Waals surface area contributed by atoms with Gasteiger partial charge in [-0.15, -0.1) is 0 Å². The highest BCUT2D eigenvalue weighted by molar-refractivity contribution is 5.96. The number of anilines is 1. The number of ether oxygens (including phenoxy) is 2. The van der Waals surface area contributed by atoms with Crippen LogP contribution in [-0.4, -0.2) is 29.4 Å². The van der Waals surface area contributed by atoms with Gasteiger partial charge in [0.05, 0.1) is 5.92 Å². The summed E-state index contributed by atoms with van der Waals surface area (Å²) >= 11 is 0. The molecule has 7 nitrogen and oxygen atoms in total. The summed E-state index contributed by atoms with van der Waals surface area (Å²) in [7, 11) is 0. The lowest BCUT2D eigenvalue weighted by Gasteiger charge is -2.15. The van der Waals surface area contributed by atoms with E-state index in [1.807, 2.05) is 6.07 Å². The van der Waals surface area contributed by atoms with Crippen LogP contribution >= 0.6 is 0 Å². The molecule has 3 aromatic rings. The molecule has 3 heterocycles. The van der Waals surface area contributed by atoms with Gasteiger partial charge in [0.25, 0.3) is 0 Å². The molecule has 5 rings (SSSR count). The van der Waals surface area contributed by atoms with Crippen molar-refractivity contribution in [2.45, 2.75) is 12.3 Å². The molecule has 27 heavy (non-hydrogen) atoms. The van der Waals surface area contributed by atoms with E-state index >= 15 is 0 Å². The highest BCUT2D eigenvalue weighted by atomic mass is 19.1. The molecule has 2 aliphatic rings. The van der Waals surface area contributed by atoms with Gasteiger partial charge >= 0.3 is 0 Å². The van der Waals surface area contributed by atoms with Crippen LogP contribution in [0.4, 0.5) is 10.1 Å². The Morgan fingerprint density at radius 2 is 2.00 bits per heavy atom. The van der Waals surface area contributed by atoms with E-state index in [4.69, 9.17) is 14.0 Å². The lowest BCUT2D eigenvalue weighted by Crippen LogP contribution is -2.24. The number of rotatable bonds is 3. The largest absolute Gasteiger partial charge is 0.454 e. The number of carbonyl (C=O) groups is 1. The zero-order valence-corrected chi connectivity index (χ0v) is 14.1. The van der Waals surface area contributed by atoms with Crippen LogP contribution < -0.4 is 14.4 Å². The van der Waals surface area contributed by atoms with E-state index in [2.05, 4.69) is 10.1 Å². The molecule has 0 radical (unpaired) electrons. The van der Waals surface area contributed by atoms with Crippen molar-refractivity contribution in [3.05, 3.63) is 54.2 Å². The lowest BCUT2D eigenvalue weighted by atomic mass is 10.1. The summed E-state index contributed by atoms with van der Waals surface area (Å²) in [5.41, 5.74) is 1.26. The predicted molar refractivity (Wildman–Crippen MR) is 92.0 cm³/mol. The van der Waals surface area contributed by atoms with Crippen molar-refractivity contribution in [2.75, 3.05) is 18.2 Å². The van der Waals surface area contributed by atoms with Gasteiger partial charge in [0, 0.05) is 24.2 Å². The summed E-state index contributed by atoms with van der Waals surface area (Å²) in [6, 6.07) is 11.4. The number of aromatic nitrogens is 2. The molecule has 1 saturated heterocycles. The molecule has 136 valence electrons. The summed E-state index contributed by atoms with van der Waals surface area (Å²) in [5, 5.41) is 4.02. The lowest BCUT2D eigenvalue weighted by molar-refractivity contribution is -0.117. The average molecular weight is 367 g/mol. The minimum absolute atomic E-state index is 0.103. The van der Waals surface area contributed by atoms with Crippen LogP contribution in [0.15, 0.2) is 47.0 Å². The minimum atomic E-state index is -0.383. The monoisotopic (exact) mass is 367 g/mol. The molecular weight excluding hydrogens is 353 g/mol. The average Bonchev–Trinajstić information content (AvgIpc) is 3.40. The zero-order chi connectivity index (χ0) is 18.4. The standard InChI is InChI=1S/C19H14FN3O4/c20-13-2-1-3-14(8-13)23-9-12(7-17(23)24)19-21-18(22-27-19)11-4-5-15-16(6-11)26-10-25-15/h1-6,8,12H,7,9-10H2. The second kappa shape index (κ2) is 6.08. The van der Waals surface area contributed by atoms with E-state index < -0.39 is 0 Å². The van der Waals surface area contributed by atoms with Crippen molar-refractivity contribution in [1.29, 1.82) is 0 Å². The van der Waals surface area contributed by atoms with E-state index in [-0.39, 0.29) is 30.9 Å². The zero-order valence-electron chi connectivity index (χ0n) is 14.1. The first-order valence-corrected chi connectivity index (χ1v) is 8.47. The fraction of sp³-hybridized carbons (Fsp3) is 0.211. The molecule has 2 aliphatic heterocycles. The number of benzene rings is 2. The Balaban J connectivity index is 1.38. The van der Waals surface area contributed by atoms with Crippen LogP contribution in [-0.2, 0) is 4.79 Å². The number of amides is 1. The number of hydrogen-bond acceptors (Lipinski definition) is 6. The van der Waals surface area contributed by atoms with Crippen molar-refractivity contribution in [2.24, 2.45) is 0 Å².